The number of aromatic amines is 1. The maximum Gasteiger partial charge on any atom is 0.407 e. The topological polar surface area (TPSA) is 150 Å². The standard InChI is InChI=1S/C32H42N4O6/c1-22(2)26(19-24-20-35-27-14-8-7-13-25(24)27)30(36-28(37)15-16-29(38)39)31(40)33-17-9-4-10-18-34-32(41)42-21-23-11-5-3-6-12-23/h3,5-8,11-14,20,22,26,30,35H,4,9-10,15-19,21H2,1-2H3,(H,33,40)(H,34,41)(H,36,37)(H,38,39)/t26?,30-/m0/s1. The van der Waals surface area contributed by atoms with Crippen molar-refractivity contribution in [3.63, 3.8) is 0 Å². The van der Waals surface area contributed by atoms with Gasteiger partial charge >= 0.3 is 12.1 Å². The molecular formula is C32H42N4O6. The number of para-hydroxylation sites is 1. The minimum atomic E-state index is -1.07. The molecule has 0 spiro atoms. The lowest BCUT2D eigenvalue weighted by molar-refractivity contribution is -0.139. The Balaban J connectivity index is 1.50. The number of nitrogens with one attached hydrogen (secondary N) is 4. The van der Waals surface area contributed by atoms with Gasteiger partial charge in [0.05, 0.1) is 6.42 Å². The number of H-pyrrole nitrogens is 1. The molecule has 0 radical (unpaired) electrons. The van der Waals surface area contributed by atoms with E-state index >= 15 is 0 Å². The van der Waals surface area contributed by atoms with Crippen LogP contribution in [0.15, 0.2) is 60.8 Å². The van der Waals surface area contributed by atoms with Gasteiger partial charge in [0.2, 0.25) is 11.8 Å². The van der Waals surface area contributed by atoms with E-state index in [4.69, 9.17) is 9.84 Å². The highest BCUT2D eigenvalue weighted by molar-refractivity contribution is 5.89. The van der Waals surface area contributed by atoms with Crippen molar-refractivity contribution >= 4 is 34.8 Å². The zero-order chi connectivity index (χ0) is 30.3. The molecule has 42 heavy (non-hydrogen) atoms. The van der Waals surface area contributed by atoms with Crippen molar-refractivity contribution < 1.29 is 29.0 Å². The number of fused-ring (bicyclic) bond motifs is 1. The molecule has 1 unspecified atom stereocenters. The van der Waals surface area contributed by atoms with Crippen LogP contribution in [0.5, 0.6) is 0 Å². The van der Waals surface area contributed by atoms with E-state index in [0.29, 0.717) is 25.9 Å². The van der Waals surface area contributed by atoms with Crippen LogP contribution in [0.3, 0.4) is 0 Å². The zero-order valence-electron chi connectivity index (χ0n) is 24.4. The Hall–Kier alpha value is -4.34. The third-order valence-electron chi connectivity index (χ3n) is 7.21. The number of carbonyl (C=O) groups is 4. The summed E-state index contributed by atoms with van der Waals surface area (Å²) in [6.07, 6.45) is 3.72. The van der Waals surface area contributed by atoms with E-state index in [1.165, 1.54) is 0 Å². The van der Waals surface area contributed by atoms with E-state index < -0.39 is 24.0 Å². The highest BCUT2D eigenvalue weighted by atomic mass is 16.5. The summed E-state index contributed by atoms with van der Waals surface area (Å²) in [6.45, 7) is 5.12. The summed E-state index contributed by atoms with van der Waals surface area (Å²) in [5.41, 5.74) is 2.97. The summed E-state index contributed by atoms with van der Waals surface area (Å²) in [4.78, 5) is 52.2. The first-order valence-electron chi connectivity index (χ1n) is 14.5. The van der Waals surface area contributed by atoms with Gasteiger partial charge in [-0.1, -0.05) is 62.4 Å². The Labute approximate surface area is 246 Å². The number of carboxylic acids is 1. The Bertz CT molecular complexity index is 1310. The predicted molar refractivity (Wildman–Crippen MR) is 161 cm³/mol. The van der Waals surface area contributed by atoms with Gasteiger partial charge in [-0.25, -0.2) is 4.79 Å². The van der Waals surface area contributed by atoms with Gasteiger partial charge in [0.15, 0.2) is 0 Å². The first kappa shape index (κ1) is 32.2. The smallest absolute Gasteiger partial charge is 0.407 e. The number of aliphatic carboxylic acids is 1. The van der Waals surface area contributed by atoms with E-state index in [-0.39, 0.29) is 37.2 Å². The zero-order valence-corrected chi connectivity index (χ0v) is 24.4. The summed E-state index contributed by atoms with van der Waals surface area (Å²) in [5, 5.41) is 18.6. The van der Waals surface area contributed by atoms with Gasteiger partial charge < -0.3 is 30.8 Å². The normalized spacial score (nSPS) is 12.5. The number of unbranched alkanes of at least 4 members (excludes halogenated alkanes) is 2. The molecule has 0 aliphatic rings. The Morgan fingerprint density at radius 1 is 0.881 bits per heavy atom. The second-order valence-electron chi connectivity index (χ2n) is 10.8. The lowest BCUT2D eigenvalue weighted by Gasteiger charge is -2.30. The van der Waals surface area contributed by atoms with Gasteiger partial charge in [-0.05, 0) is 54.7 Å². The summed E-state index contributed by atoms with van der Waals surface area (Å²) in [7, 11) is 0. The minimum absolute atomic E-state index is 0.0573. The summed E-state index contributed by atoms with van der Waals surface area (Å²) in [5.74, 6) is -1.98. The quantitative estimate of drug-likeness (QED) is 0.148. The lowest BCUT2D eigenvalue weighted by Crippen LogP contribution is -2.53. The fourth-order valence-corrected chi connectivity index (χ4v) is 4.84. The van der Waals surface area contributed by atoms with Crippen molar-refractivity contribution in [1.82, 2.24) is 20.9 Å². The number of benzene rings is 2. The molecule has 226 valence electrons. The second kappa shape index (κ2) is 16.8. The fourth-order valence-electron chi connectivity index (χ4n) is 4.84. The number of rotatable bonds is 17. The number of carbonyl (C=O) groups excluding carboxylic acids is 3. The SMILES string of the molecule is CC(C)C(Cc1c[nH]c2ccccc12)[C@H](NC(=O)CCC(=O)O)C(=O)NCCCCCNC(=O)OCc1ccccc1. The average molecular weight is 579 g/mol. The summed E-state index contributed by atoms with van der Waals surface area (Å²) >= 11 is 0. The third-order valence-corrected chi connectivity index (χ3v) is 7.21. The first-order valence-corrected chi connectivity index (χ1v) is 14.5. The molecule has 10 nitrogen and oxygen atoms in total. The molecule has 3 amide bonds. The summed E-state index contributed by atoms with van der Waals surface area (Å²) in [6, 6.07) is 16.6. The van der Waals surface area contributed by atoms with E-state index in [1.807, 2.05) is 74.6 Å². The van der Waals surface area contributed by atoms with Gasteiger partial charge in [0, 0.05) is 36.6 Å². The largest absolute Gasteiger partial charge is 0.481 e. The molecule has 3 aromatic rings. The van der Waals surface area contributed by atoms with Crippen LogP contribution in [0.1, 0.15) is 57.1 Å². The third kappa shape index (κ3) is 10.6. The predicted octanol–water partition coefficient (Wildman–Crippen LogP) is 4.55. The molecule has 0 bridgehead atoms. The maximum atomic E-state index is 13.4. The van der Waals surface area contributed by atoms with Crippen LogP contribution in [0.2, 0.25) is 0 Å². The van der Waals surface area contributed by atoms with Crippen LogP contribution in [0.4, 0.5) is 4.79 Å². The number of alkyl carbamates (subject to hydrolysis) is 1. The maximum absolute atomic E-state index is 13.4. The minimum Gasteiger partial charge on any atom is -0.481 e. The monoisotopic (exact) mass is 578 g/mol. The molecule has 3 rings (SSSR count). The first-order chi connectivity index (χ1) is 20.2. The van der Waals surface area contributed by atoms with Crippen molar-refractivity contribution in [2.24, 2.45) is 11.8 Å². The molecule has 0 fully saturated rings. The number of amides is 3. The molecule has 2 aromatic carbocycles. The molecule has 2 atom stereocenters. The molecule has 0 saturated carbocycles. The van der Waals surface area contributed by atoms with Crippen LogP contribution in [-0.4, -0.2) is 53.1 Å². The van der Waals surface area contributed by atoms with Gasteiger partial charge in [0.1, 0.15) is 12.6 Å². The van der Waals surface area contributed by atoms with Crippen LogP contribution in [-0.2, 0) is 32.1 Å². The second-order valence-corrected chi connectivity index (χ2v) is 10.8. The number of aromatic nitrogens is 1. The highest BCUT2D eigenvalue weighted by Gasteiger charge is 2.32. The molecule has 0 aliphatic carbocycles. The van der Waals surface area contributed by atoms with Gasteiger partial charge in [-0.2, -0.15) is 0 Å². The Morgan fingerprint density at radius 2 is 1.57 bits per heavy atom. The van der Waals surface area contributed by atoms with Crippen molar-refractivity contribution in [1.29, 1.82) is 0 Å². The van der Waals surface area contributed by atoms with Crippen LogP contribution in [0, 0.1) is 11.8 Å². The van der Waals surface area contributed by atoms with Crippen molar-refractivity contribution in [2.45, 2.75) is 65.0 Å². The van der Waals surface area contributed by atoms with Crippen molar-refractivity contribution in [2.75, 3.05) is 13.1 Å². The van der Waals surface area contributed by atoms with E-state index in [1.54, 1.807) is 0 Å². The van der Waals surface area contributed by atoms with E-state index in [9.17, 15) is 19.2 Å². The van der Waals surface area contributed by atoms with Gasteiger partial charge in [0.25, 0.3) is 0 Å². The molecule has 1 heterocycles. The van der Waals surface area contributed by atoms with E-state index in [0.717, 1.165) is 34.9 Å². The number of hydrogen-bond donors (Lipinski definition) is 5. The molecule has 1 aromatic heterocycles. The average Bonchev–Trinajstić information content (AvgIpc) is 3.39. The molecule has 0 aliphatic heterocycles. The van der Waals surface area contributed by atoms with Crippen LogP contribution in [0.25, 0.3) is 10.9 Å². The summed E-state index contributed by atoms with van der Waals surface area (Å²) < 4.78 is 5.20. The Kier molecular flexibility index (Phi) is 12.9. The number of hydrogen-bond acceptors (Lipinski definition) is 5. The molecule has 5 N–H and O–H groups in total. The van der Waals surface area contributed by atoms with Crippen LogP contribution >= 0.6 is 0 Å². The molecule has 10 heteroatoms. The van der Waals surface area contributed by atoms with Crippen molar-refractivity contribution in [3.8, 4) is 0 Å². The number of carboxylic acid groups (broad SMARTS) is 1. The highest BCUT2D eigenvalue weighted by Crippen LogP contribution is 2.26. The van der Waals surface area contributed by atoms with Crippen molar-refractivity contribution in [3.05, 3.63) is 71.9 Å². The fraction of sp³-hybridized carbons (Fsp3) is 0.438. The lowest BCUT2D eigenvalue weighted by atomic mass is 9.82. The van der Waals surface area contributed by atoms with Gasteiger partial charge in [-0.15, -0.1) is 0 Å². The van der Waals surface area contributed by atoms with Gasteiger partial charge in [-0.3, -0.25) is 14.4 Å². The Morgan fingerprint density at radius 3 is 2.29 bits per heavy atom. The number of ether oxygens (including phenoxy) is 1. The van der Waals surface area contributed by atoms with E-state index in [2.05, 4.69) is 20.9 Å². The molecule has 0 saturated heterocycles. The molecular weight excluding hydrogens is 536 g/mol. The van der Waals surface area contributed by atoms with Crippen LogP contribution < -0.4 is 16.0 Å².